The molecule has 0 atom stereocenters. The minimum atomic E-state index is 0.522. The van der Waals surface area contributed by atoms with Crippen molar-refractivity contribution >= 4 is 21.6 Å². The molecule has 0 fully saturated rings. The number of fused-ring (bicyclic) bond motifs is 1. The molecule has 0 amide bonds. The Bertz CT molecular complexity index is 762. The zero-order valence-electron chi connectivity index (χ0n) is 13.9. The maximum atomic E-state index is 5.89. The molecule has 0 radical (unpaired) electrons. The average Bonchev–Trinajstić information content (AvgIpc) is 2.95. The summed E-state index contributed by atoms with van der Waals surface area (Å²) in [6.45, 7) is 7.15. The number of hydrogen-bond acceptors (Lipinski definition) is 4. The van der Waals surface area contributed by atoms with Crippen molar-refractivity contribution in [3.8, 4) is 5.75 Å². The van der Waals surface area contributed by atoms with E-state index in [0.29, 0.717) is 5.92 Å². The summed E-state index contributed by atoms with van der Waals surface area (Å²) in [5.74, 6) is 1.47. The molecule has 2 aromatic heterocycles. The third kappa shape index (κ3) is 3.88. The summed E-state index contributed by atoms with van der Waals surface area (Å²) >= 11 is 1.77. The molecular weight excluding hydrogens is 304 g/mol. The van der Waals surface area contributed by atoms with Crippen LogP contribution in [0.2, 0.25) is 0 Å². The molecule has 0 aliphatic rings. The highest BCUT2D eigenvalue weighted by Gasteiger charge is 2.09. The van der Waals surface area contributed by atoms with Gasteiger partial charge >= 0.3 is 0 Å². The molecular formula is C19H22N2OS. The van der Waals surface area contributed by atoms with Gasteiger partial charge in [0.05, 0.1) is 21.8 Å². The third-order valence-electron chi connectivity index (χ3n) is 3.74. The molecule has 0 unspecified atom stereocenters. The van der Waals surface area contributed by atoms with Gasteiger partial charge in [-0.05, 0) is 37.5 Å². The summed E-state index contributed by atoms with van der Waals surface area (Å²) in [7, 11) is 0. The monoisotopic (exact) mass is 326 g/mol. The molecule has 0 spiro atoms. The van der Waals surface area contributed by atoms with E-state index >= 15 is 0 Å². The quantitative estimate of drug-likeness (QED) is 0.651. The van der Waals surface area contributed by atoms with Crippen molar-refractivity contribution in [1.82, 2.24) is 9.97 Å². The first-order valence-electron chi connectivity index (χ1n) is 8.05. The Hall–Kier alpha value is -1.94. The molecule has 2 heterocycles. The molecule has 0 aliphatic heterocycles. The molecule has 1 aromatic carbocycles. The van der Waals surface area contributed by atoms with Crippen LogP contribution in [0.1, 0.15) is 30.1 Å². The maximum Gasteiger partial charge on any atom is 0.125 e. The molecule has 3 aromatic rings. The van der Waals surface area contributed by atoms with Gasteiger partial charge in [-0.15, -0.1) is 11.3 Å². The van der Waals surface area contributed by atoms with E-state index in [4.69, 9.17) is 9.72 Å². The Labute approximate surface area is 141 Å². The first-order valence-corrected chi connectivity index (χ1v) is 8.87. The topological polar surface area (TPSA) is 35.0 Å². The normalized spacial score (nSPS) is 11.3. The van der Waals surface area contributed by atoms with Gasteiger partial charge in [0.2, 0.25) is 0 Å². The van der Waals surface area contributed by atoms with E-state index in [0.717, 1.165) is 42.0 Å². The van der Waals surface area contributed by atoms with Crippen LogP contribution in [0.3, 0.4) is 0 Å². The van der Waals surface area contributed by atoms with Crippen LogP contribution in [0.25, 0.3) is 10.2 Å². The second-order valence-electron chi connectivity index (χ2n) is 6.16. The third-order valence-corrected chi connectivity index (χ3v) is 4.84. The molecule has 23 heavy (non-hydrogen) atoms. The van der Waals surface area contributed by atoms with E-state index in [2.05, 4.69) is 44.0 Å². The molecule has 0 bridgehead atoms. The predicted molar refractivity (Wildman–Crippen MR) is 96.3 cm³/mol. The maximum absolute atomic E-state index is 5.89. The van der Waals surface area contributed by atoms with Crippen molar-refractivity contribution in [3.63, 3.8) is 0 Å². The molecule has 0 saturated carbocycles. The van der Waals surface area contributed by atoms with Gasteiger partial charge in [0.1, 0.15) is 5.75 Å². The van der Waals surface area contributed by atoms with Gasteiger partial charge in [-0.1, -0.05) is 26.0 Å². The Morgan fingerprint density at radius 2 is 1.96 bits per heavy atom. The van der Waals surface area contributed by atoms with E-state index < -0.39 is 0 Å². The van der Waals surface area contributed by atoms with Crippen LogP contribution < -0.4 is 4.74 Å². The van der Waals surface area contributed by atoms with Crippen molar-refractivity contribution in [3.05, 3.63) is 52.8 Å². The molecule has 0 aliphatic carbocycles. The number of aromatic nitrogens is 2. The summed E-state index contributed by atoms with van der Waals surface area (Å²) in [5, 5.41) is 1.17. The molecule has 0 saturated heterocycles. The fraction of sp³-hybridized carbons (Fsp3) is 0.368. The highest BCUT2D eigenvalue weighted by molar-refractivity contribution is 7.18. The first kappa shape index (κ1) is 15.9. The summed E-state index contributed by atoms with van der Waals surface area (Å²) in [5.41, 5.74) is 3.34. The number of para-hydroxylation sites is 1. The number of aryl methyl sites for hydroxylation is 2. The van der Waals surface area contributed by atoms with Gasteiger partial charge in [0.25, 0.3) is 0 Å². The Kier molecular flexibility index (Phi) is 4.91. The Balaban J connectivity index is 1.71. The van der Waals surface area contributed by atoms with Crippen molar-refractivity contribution in [2.75, 3.05) is 6.61 Å². The number of pyridine rings is 1. The van der Waals surface area contributed by atoms with Crippen LogP contribution in [0.5, 0.6) is 5.75 Å². The second-order valence-corrected chi connectivity index (χ2v) is 7.28. The van der Waals surface area contributed by atoms with E-state index in [1.807, 2.05) is 18.3 Å². The van der Waals surface area contributed by atoms with E-state index in [-0.39, 0.29) is 0 Å². The molecule has 0 N–H and O–H groups in total. The van der Waals surface area contributed by atoms with E-state index in [1.165, 1.54) is 9.71 Å². The van der Waals surface area contributed by atoms with Crippen LogP contribution >= 0.6 is 11.3 Å². The fourth-order valence-corrected chi connectivity index (χ4v) is 3.44. The summed E-state index contributed by atoms with van der Waals surface area (Å²) in [6, 6.07) is 10.2. The number of ether oxygens (including phenoxy) is 1. The lowest BCUT2D eigenvalue weighted by atomic mass is 10.1. The Morgan fingerprint density at radius 1 is 1.13 bits per heavy atom. The van der Waals surface area contributed by atoms with Gasteiger partial charge in [-0.25, -0.2) is 4.98 Å². The minimum absolute atomic E-state index is 0.522. The van der Waals surface area contributed by atoms with Gasteiger partial charge in [0.15, 0.2) is 0 Å². The van der Waals surface area contributed by atoms with Crippen molar-refractivity contribution in [2.45, 2.75) is 33.6 Å². The SMILES string of the molecule is Cc1c(OCC(C)C)ccnc1CCc1nc2ccccc2s1. The zero-order valence-corrected chi connectivity index (χ0v) is 14.7. The van der Waals surface area contributed by atoms with Crippen LogP contribution in [0.15, 0.2) is 36.5 Å². The number of benzene rings is 1. The molecule has 3 rings (SSSR count). The summed E-state index contributed by atoms with van der Waals surface area (Å²) < 4.78 is 7.14. The van der Waals surface area contributed by atoms with Crippen molar-refractivity contribution in [2.24, 2.45) is 5.92 Å². The van der Waals surface area contributed by atoms with Crippen LogP contribution in [0.4, 0.5) is 0 Å². The van der Waals surface area contributed by atoms with Gasteiger partial charge in [0, 0.05) is 23.9 Å². The smallest absolute Gasteiger partial charge is 0.125 e. The van der Waals surface area contributed by atoms with Gasteiger partial charge < -0.3 is 4.74 Å². The standard InChI is InChI=1S/C19H22N2OS/c1-13(2)12-22-17-10-11-20-15(14(17)3)8-9-19-21-16-6-4-5-7-18(16)23-19/h4-7,10-11,13H,8-9,12H2,1-3H3. The summed E-state index contributed by atoms with van der Waals surface area (Å²) in [4.78, 5) is 9.23. The predicted octanol–water partition coefficient (Wildman–Crippen LogP) is 4.82. The molecule has 4 heteroatoms. The van der Waals surface area contributed by atoms with Crippen LogP contribution in [0, 0.1) is 12.8 Å². The average molecular weight is 326 g/mol. The minimum Gasteiger partial charge on any atom is -0.493 e. The van der Waals surface area contributed by atoms with Crippen molar-refractivity contribution in [1.29, 1.82) is 0 Å². The number of thiazole rings is 1. The molecule has 3 nitrogen and oxygen atoms in total. The number of rotatable bonds is 6. The largest absolute Gasteiger partial charge is 0.493 e. The van der Waals surface area contributed by atoms with Crippen molar-refractivity contribution < 1.29 is 4.74 Å². The second kappa shape index (κ2) is 7.09. The summed E-state index contributed by atoms with van der Waals surface area (Å²) in [6.07, 6.45) is 3.65. The zero-order chi connectivity index (χ0) is 16.2. The molecule has 120 valence electrons. The highest BCUT2D eigenvalue weighted by Crippen LogP contribution is 2.25. The highest BCUT2D eigenvalue weighted by atomic mass is 32.1. The van der Waals surface area contributed by atoms with Crippen LogP contribution in [-0.4, -0.2) is 16.6 Å². The number of hydrogen-bond donors (Lipinski definition) is 0. The Morgan fingerprint density at radius 3 is 2.74 bits per heavy atom. The lowest BCUT2D eigenvalue weighted by Gasteiger charge is -2.13. The lowest BCUT2D eigenvalue weighted by molar-refractivity contribution is 0.269. The fourth-order valence-electron chi connectivity index (χ4n) is 2.48. The van der Waals surface area contributed by atoms with Crippen LogP contribution in [-0.2, 0) is 12.8 Å². The lowest BCUT2D eigenvalue weighted by Crippen LogP contribution is -2.07. The van der Waals surface area contributed by atoms with E-state index in [9.17, 15) is 0 Å². The first-order chi connectivity index (χ1) is 11.1. The van der Waals surface area contributed by atoms with Gasteiger partial charge in [-0.2, -0.15) is 0 Å². The van der Waals surface area contributed by atoms with E-state index in [1.54, 1.807) is 11.3 Å². The van der Waals surface area contributed by atoms with Gasteiger partial charge in [-0.3, -0.25) is 4.98 Å². The number of nitrogens with zero attached hydrogens (tertiary/aromatic N) is 2.